The summed E-state index contributed by atoms with van der Waals surface area (Å²) in [7, 11) is 1.66. The van der Waals surface area contributed by atoms with Crippen molar-refractivity contribution in [3.8, 4) is 0 Å². The minimum absolute atomic E-state index is 0.123. The predicted octanol–water partition coefficient (Wildman–Crippen LogP) is 2.09. The summed E-state index contributed by atoms with van der Waals surface area (Å²) in [6, 6.07) is 0. The van der Waals surface area contributed by atoms with Crippen LogP contribution in [0.25, 0.3) is 0 Å². The molecule has 22 heavy (non-hydrogen) atoms. The summed E-state index contributed by atoms with van der Waals surface area (Å²) in [4.78, 5) is 12.0. The molecule has 5 nitrogen and oxygen atoms in total. The van der Waals surface area contributed by atoms with Crippen molar-refractivity contribution < 1.29 is 14.3 Å². The van der Waals surface area contributed by atoms with E-state index in [1.807, 2.05) is 13.8 Å². The Morgan fingerprint density at radius 3 is 2.68 bits per heavy atom. The summed E-state index contributed by atoms with van der Waals surface area (Å²) in [5.41, 5.74) is 5.47. The van der Waals surface area contributed by atoms with E-state index in [9.17, 15) is 4.79 Å². The summed E-state index contributed by atoms with van der Waals surface area (Å²) < 4.78 is 10.7. The van der Waals surface area contributed by atoms with Crippen LogP contribution in [0.2, 0.25) is 0 Å². The first kappa shape index (κ1) is 19.4. The van der Waals surface area contributed by atoms with Gasteiger partial charge in [0.05, 0.1) is 18.8 Å². The topological polar surface area (TPSA) is 73.6 Å². The highest BCUT2D eigenvalue weighted by Crippen LogP contribution is 2.27. The highest BCUT2D eigenvalue weighted by molar-refractivity contribution is 5.75. The van der Waals surface area contributed by atoms with Gasteiger partial charge in [-0.1, -0.05) is 6.42 Å². The van der Waals surface area contributed by atoms with E-state index < -0.39 is 0 Å². The van der Waals surface area contributed by atoms with E-state index in [-0.39, 0.29) is 11.5 Å². The van der Waals surface area contributed by atoms with Gasteiger partial charge < -0.3 is 20.5 Å². The van der Waals surface area contributed by atoms with Gasteiger partial charge in [0.15, 0.2) is 0 Å². The zero-order valence-electron chi connectivity index (χ0n) is 14.5. The minimum atomic E-state index is -0.286. The fourth-order valence-corrected chi connectivity index (χ4v) is 3.04. The molecule has 130 valence electrons. The molecule has 0 aromatic carbocycles. The Morgan fingerprint density at radius 1 is 1.27 bits per heavy atom. The molecule has 0 radical (unpaired) electrons. The lowest BCUT2D eigenvalue weighted by molar-refractivity contribution is -0.123. The number of amides is 1. The molecule has 1 fully saturated rings. The second-order valence-electron chi connectivity index (χ2n) is 7.04. The number of hydrogen-bond donors (Lipinski definition) is 2. The number of carbonyl (C=O) groups is 1. The average Bonchev–Trinajstić information content (AvgIpc) is 2.51. The molecule has 0 heterocycles. The molecule has 1 aliphatic rings. The second-order valence-corrected chi connectivity index (χ2v) is 7.04. The third-order valence-corrected chi connectivity index (χ3v) is 4.55. The number of nitrogens with one attached hydrogen (secondary N) is 1. The van der Waals surface area contributed by atoms with Crippen molar-refractivity contribution >= 4 is 5.91 Å². The first-order chi connectivity index (χ1) is 10.5. The Bertz CT molecular complexity index is 321. The highest BCUT2D eigenvalue weighted by atomic mass is 16.5. The van der Waals surface area contributed by atoms with Gasteiger partial charge >= 0.3 is 0 Å². The van der Waals surface area contributed by atoms with Gasteiger partial charge in [-0.25, -0.2) is 0 Å². The minimum Gasteiger partial charge on any atom is -0.382 e. The molecular formula is C17H34N2O3. The molecule has 0 saturated heterocycles. The van der Waals surface area contributed by atoms with Crippen LogP contribution in [-0.2, 0) is 14.3 Å². The Labute approximate surface area is 135 Å². The van der Waals surface area contributed by atoms with Crippen LogP contribution in [0, 0.1) is 11.8 Å². The zero-order chi connectivity index (χ0) is 16.4. The van der Waals surface area contributed by atoms with Crippen LogP contribution < -0.4 is 11.1 Å². The van der Waals surface area contributed by atoms with E-state index >= 15 is 0 Å². The molecule has 2 atom stereocenters. The molecule has 0 aromatic heterocycles. The number of nitrogens with two attached hydrogens (primary N) is 1. The van der Waals surface area contributed by atoms with Gasteiger partial charge in [0.2, 0.25) is 5.91 Å². The molecule has 0 spiro atoms. The quantitative estimate of drug-likeness (QED) is 0.606. The molecule has 1 aliphatic carbocycles. The maximum atomic E-state index is 12.0. The van der Waals surface area contributed by atoms with Crippen molar-refractivity contribution in [1.29, 1.82) is 0 Å². The number of hydrogen-bond acceptors (Lipinski definition) is 4. The first-order valence-corrected chi connectivity index (χ1v) is 8.56. The van der Waals surface area contributed by atoms with Crippen LogP contribution in [0.15, 0.2) is 0 Å². The third-order valence-electron chi connectivity index (χ3n) is 4.55. The van der Waals surface area contributed by atoms with Crippen LogP contribution in [-0.4, -0.2) is 44.9 Å². The summed E-state index contributed by atoms with van der Waals surface area (Å²) in [6.07, 6.45) is 6.08. The summed E-state index contributed by atoms with van der Waals surface area (Å²) in [6.45, 7) is 6.75. The van der Waals surface area contributed by atoms with E-state index in [1.54, 1.807) is 7.11 Å². The number of methoxy groups -OCH3 is 1. The van der Waals surface area contributed by atoms with Crippen LogP contribution in [0.3, 0.4) is 0 Å². The number of carbonyl (C=O) groups excluding carboxylic acids is 1. The van der Waals surface area contributed by atoms with Crippen molar-refractivity contribution in [2.45, 2.75) is 58.0 Å². The second kappa shape index (κ2) is 10.2. The largest absolute Gasteiger partial charge is 0.382 e. The van der Waals surface area contributed by atoms with Gasteiger partial charge in [0, 0.05) is 20.1 Å². The monoisotopic (exact) mass is 314 g/mol. The van der Waals surface area contributed by atoms with Gasteiger partial charge in [-0.15, -0.1) is 0 Å². The molecule has 0 aliphatic heterocycles. The van der Waals surface area contributed by atoms with E-state index in [0.717, 1.165) is 25.9 Å². The summed E-state index contributed by atoms with van der Waals surface area (Å²) in [5.74, 6) is 1.36. The lowest BCUT2D eigenvalue weighted by Gasteiger charge is -2.28. The van der Waals surface area contributed by atoms with Crippen molar-refractivity contribution in [2.75, 3.05) is 33.4 Å². The van der Waals surface area contributed by atoms with Crippen LogP contribution in [0.4, 0.5) is 0 Å². The fraction of sp³-hybridized carbons (Fsp3) is 0.941. The highest BCUT2D eigenvalue weighted by Gasteiger charge is 2.22. The van der Waals surface area contributed by atoms with Crippen molar-refractivity contribution in [3.05, 3.63) is 0 Å². The molecule has 1 rings (SSSR count). The van der Waals surface area contributed by atoms with Gasteiger partial charge in [0.1, 0.15) is 0 Å². The molecule has 5 heteroatoms. The number of ether oxygens (including phenoxy) is 2. The number of rotatable bonds is 10. The zero-order valence-corrected chi connectivity index (χ0v) is 14.5. The van der Waals surface area contributed by atoms with Crippen LogP contribution in [0.5, 0.6) is 0 Å². The molecule has 3 N–H and O–H groups in total. The van der Waals surface area contributed by atoms with Crippen molar-refractivity contribution in [2.24, 2.45) is 17.6 Å². The van der Waals surface area contributed by atoms with Gasteiger partial charge in [-0.3, -0.25) is 4.79 Å². The Hall–Kier alpha value is -0.650. The summed E-state index contributed by atoms with van der Waals surface area (Å²) in [5, 5.41) is 3.08. The van der Waals surface area contributed by atoms with Crippen molar-refractivity contribution in [3.63, 3.8) is 0 Å². The summed E-state index contributed by atoms with van der Waals surface area (Å²) >= 11 is 0. The lowest BCUT2D eigenvalue weighted by Crippen LogP contribution is -2.34. The van der Waals surface area contributed by atoms with E-state index in [1.165, 1.54) is 19.3 Å². The standard InChI is InChI=1S/C17H34N2O3/c1-17(2,22-10-9-21-3)8-7-16(20)19-13-15-6-4-5-14(11-15)12-18/h14-15H,4-13,18H2,1-3H3,(H,19,20). The predicted molar refractivity (Wildman–Crippen MR) is 88.7 cm³/mol. The molecule has 2 unspecified atom stereocenters. The maximum absolute atomic E-state index is 12.0. The van der Waals surface area contributed by atoms with E-state index in [2.05, 4.69) is 5.32 Å². The third kappa shape index (κ3) is 8.11. The lowest BCUT2D eigenvalue weighted by atomic mass is 9.81. The molecule has 0 aromatic rings. The Balaban J connectivity index is 2.17. The molecular weight excluding hydrogens is 280 g/mol. The molecule has 0 bridgehead atoms. The van der Waals surface area contributed by atoms with E-state index in [4.69, 9.17) is 15.2 Å². The maximum Gasteiger partial charge on any atom is 0.220 e. The Morgan fingerprint density at radius 2 is 2.00 bits per heavy atom. The van der Waals surface area contributed by atoms with Gasteiger partial charge in [0.25, 0.3) is 0 Å². The SMILES string of the molecule is COCCOC(C)(C)CCC(=O)NCC1CCCC(CN)C1. The molecule has 1 amide bonds. The fourth-order valence-electron chi connectivity index (χ4n) is 3.04. The average molecular weight is 314 g/mol. The van der Waals surface area contributed by atoms with Gasteiger partial charge in [-0.2, -0.15) is 0 Å². The van der Waals surface area contributed by atoms with E-state index in [0.29, 0.717) is 31.5 Å². The van der Waals surface area contributed by atoms with Crippen molar-refractivity contribution in [1.82, 2.24) is 5.32 Å². The van der Waals surface area contributed by atoms with Crippen LogP contribution >= 0.6 is 0 Å². The van der Waals surface area contributed by atoms with Crippen LogP contribution in [0.1, 0.15) is 52.4 Å². The first-order valence-electron chi connectivity index (χ1n) is 8.56. The molecule has 1 saturated carbocycles. The smallest absolute Gasteiger partial charge is 0.220 e. The normalized spacial score (nSPS) is 22.5. The Kier molecular flexibility index (Phi) is 8.98. The van der Waals surface area contributed by atoms with Gasteiger partial charge in [-0.05, 0) is 57.9 Å².